The standard InChI is InChI=1S/C27H31ClFN6O8P/c28-20-4-1-3-17(24(20)29)14-31-25(37)22-7-8-32-9-10-33(27(39)35(22)32)23-15-34(26(30)38)21-6-5-18(13-19(21)23)42-16-44(40,41)43-12-2-11-36/h1,3-6,13,15,22,36H,2,7-12,14,16H2,(H2,30,38)(H,31,37)(H,40,41)/t22-/m0/s1. The first-order valence-corrected chi connectivity index (χ1v) is 15.9. The molecule has 0 radical (unpaired) electrons. The molecule has 2 atom stereocenters. The van der Waals surface area contributed by atoms with E-state index < -0.39 is 43.8 Å². The van der Waals surface area contributed by atoms with Gasteiger partial charge in [0.2, 0.25) is 5.91 Å². The summed E-state index contributed by atoms with van der Waals surface area (Å²) >= 11 is 5.85. The zero-order valence-corrected chi connectivity index (χ0v) is 25.0. The number of amides is 4. The first-order chi connectivity index (χ1) is 21.0. The summed E-state index contributed by atoms with van der Waals surface area (Å²) in [7, 11) is -4.12. The van der Waals surface area contributed by atoms with Crippen molar-refractivity contribution in [2.75, 3.05) is 44.1 Å². The van der Waals surface area contributed by atoms with Crippen LogP contribution in [0.1, 0.15) is 18.4 Å². The molecule has 44 heavy (non-hydrogen) atoms. The normalized spacial score (nSPS) is 18.4. The van der Waals surface area contributed by atoms with Crippen LogP contribution in [0.3, 0.4) is 0 Å². The summed E-state index contributed by atoms with van der Waals surface area (Å²) in [6.07, 6.45) is 1.28. The number of fused-ring (bicyclic) bond motifs is 2. The van der Waals surface area contributed by atoms with E-state index in [2.05, 4.69) is 5.32 Å². The van der Waals surface area contributed by atoms with Crippen LogP contribution < -0.4 is 20.7 Å². The molecule has 1 unspecified atom stereocenters. The number of hydrogen-bond acceptors (Lipinski definition) is 8. The Balaban J connectivity index is 1.37. The maximum absolute atomic E-state index is 14.3. The molecule has 14 nitrogen and oxygen atoms in total. The van der Waals surface area contributed by atoms with Crippen molar-refractivity contribution in [3.05, 3.63) is 59.0 Å². The molecule has 0 saturated carbocycles. The van der Waals surface area contributed by atoms with E-state index in [0.29, 0.717) is 36.1 Å². The highest BCUT2D eigenvalue weighted by atomic mass is 35.5. The lowest BCUT2D eigenvalue weighted by Crippen LogP contribution is -2.61. The quantitative estimate of drug-likeness (QED) is 0.179. The Bertz CT molecular complexity index is 1640. The second-order valence-corrected chi connectivity index (χ2v) is 12.4. The molecule has 0 spiro atoms. The second kappa shape index (κ2) is 13.1. The van der Waals surface area contributed by atoms with Gasteiger partial charge in [-0.2, -0.15) is 0 Å². The van der Waals surface area contributed by atoms with Crippen molar-refractivity contribution >= 4 is 53.8 Å². The van der Waals surface area contributed by atoms with Crippen LogP contribution in [0.25, 0.3) is 10.9 Å². The number of nitrogens with one attached hydrogen (secondary N) is 1. The van der Waals surface area contributed by atoms with E-state index in [9.17, 15) is 28.2 Å². The Morgan fingerprint density at radius 2 is 2.00 bits per heavy atom. The van der Waals surface area contributed by atoms with Crippen molar-refractivity contribution < 1.29 is 42.6 Å². The molecule has 4 amide bonds. The predicted octanol–water partition coefficient (Wildman–Crippen LogP) is 2.83. The predicted molar refractivity (Wildman–Crippen MR) is 158 cm³/mol. The summed E-state index contributed by atoms with van der Waals surface area (Å²) in [5.41, 5.74) is 6.48. The summed E-state index contributed by atoms with van der Waals surface area (Å²) in [4.78, 5) is 50.8. The lowest BCUT2D eigenvalue weighted by Gasteiger charge is -2.41. The van der Waals surface area contributed by atoms with Crippen molar-refractivity contribution in [1.82, 2.24) is 19.9 Å². The number of hydrogen-bond donors (Lipinski definition) is 4. The lowest BCUT2D eigenvalue weighted by atomic mass is 10.1. The molecule has 17 heteroatoms. The number of carbonyl (C=O) groups is 3. The zero-order valence-electron chi connectivity index (χ0n) is 23.4. The van der Waals surface area contributed by atoms with Crippen LogP contribution in [-0.4, -0.2) is 87.8 Å². The number of aromatic nitrogens is 1. The SMILES string of the molecule is NC(=O)n1cc(N2CCN3CC[C@@H](C(=O)NCc4cccc(Cl)c4F)N3C2=O)c2cc(OCP(=O)(O)OCCCO)ccc21. The Morgan fingerprint density at radius 3 is 2.75 bits per heavy atom. The molecule has 0 aliphatic carbocycles. The van der Waals surface area contributed by atoms with Crippen LogP contribution in [-0.2, 0) is 20.4 Å². The zero-order chi connectivity index (χ0) is 31.6. The number of ether oxygens (including phenoxy) is 1. The van der Waals surface area contributed by atoms with Gasteiger partial charge in [-0.3, -0.25) is 18.8 Å². The largest absolute Gasteiger partial charge is 0.481 e. The molecule has 3 aromatic rings. The van der Waals surface area contributed by atoms with Crippen LogP contribution >= 0.6 is 19.2 Å². The van der Waals surface area contributed by atoms with Crippen molar-refractivity contribution in [3.8, 4) is 5.75 Å². The smallest absolute Gasteiger partial charge is 0.365 e. The third kappa shape index (κ3) is 6.53. The van der Waals surface area contributed by atoms with Crippen LogP contribution in [0.5, 0.6) is 5.75 Å². The number of aliphatic hydroxyl groups is 1. The van der Waals surface area contributed by atoms with Crippen LogP contribution in [0, 0.1) is 5.82 Å². The number of primary amides is 1. The fraction of sp³-hybridized carbons (Fsp3) is 0.370. The third-order valence-electron chi connectivity index (χ3n) is 7.33. The number of hydrazine groups is 1. The van der Waals surface area contributed by atoms with Gasteiger partial charge in [0.05, 0.1) is 22.8 Å². The average molecular weight is 653 g/mol. The number of nitrogens with zero attached hydrogens (tertiary/aromatic N) is 4. The molecular weight excluding hydrogens is 622 g/mol. The second-order valence-electron chi connectivity index (χ2n) is 10.2. The highest BCUT2D eigenvalue weighted by Crippen LogP contribution is 2.43. The monoisotopic (exact) mass is 652 g/mol. The van der Waals surface area contributed by atoms with Crippen molar-refractivity contribution in [2.24, 2.45) is 5.73 Å². The van der Waals surface area contributed by atoms with Gasteiger partial charge in [0.25, 0.3) is 0 Å². The van der Waals surface area contributed by atoms with E-state index in [1.165, 1.54) is 46.4 Å². The van der Waals surface area contributed by atoms with Crippen molar-refractivity contribution in [1.29, 1.82) is 0 Å². The number of aliphatic hydroxyl groups excluding tert-OH is 1. The van der Waals surface area contributed by atoms with Gasteiger partial charge in [-0.15, -0.1) is 0 Å². The Kier molecular flexibility index (Phi) is 9.44. The number of anilines is 1. The Morgan fingerprint density at radius 1 is 1.20 bits per heavy atom. The molecule has 2 aromatic carbocycles. The summed E-state index contributed by atoms with van der Waals surface area (Å²) in [5, 5.41) is 15.0. The molecular formula is C27H31ClFN6O8P. The van der Waals surface area contributed by atoms with Gasteiger partial charge < -0.3 is 30.3 Å². The van der Waals surface area contributed by atoms with Crippen LogP contribution in [0.4, 0.5) is 19.7 Å². The van der Waals surface area contributed by atoms with Gasteiger partial charge in [-0.25, -0.2) is 24.0 Å². The molecule has 5 rings (SSSR count). The minimum Gasteiger partial charge on any atom is -0.481 e. The van der Waals surface area contributed by atoms with Crippen molar-refractivity contribution in [3.63, 3.8) is 0 Å². The third-order valence-corrected chi connectivity index (χ3v) is 8.66. The fourth-order valence-corrected chi connectivity index (χ4v) is 6.20. The number of benzene rings is 2. The van der Waals surface area contributed by atoms with Crippen LogP contribution in [0.15, 0.2) is 42.6 Å². The first kappa shape index (κ1) is 31.7. The fourth-order valence-electron chi connectivity index (χ4n) is 5.20. The van der Waals surface area contributed by atoms with Gasteiger partial charge in [0.15, 0.2) is 6.35 Å². The van der Waals surface area contributed by atoms with E-state index in [4.69, 9.17) is 31.7 Å². The maximum Gasteiger partial charge on any atom is 0.365 e. The van der Waals surface area contributed by atoms with Gasteiger partial charge in [0.1, 0.15) is 17.6 Å². The molecule has 236 valence electrons. The lowest BCUT2D eigenvalue weighted by molar-refractivity contribution is -0.127. The Labute approximate surface area is 256 Å². The first-order valence-electron chi connectivity index (χ1n) is 13.7. The maximum atomic E-state index is 14.3. The van der Waals surface area contributed by atoms with Gasteiger partial charge in [-0.05, 0) is 37.1 Å². The van der Waals surface area contributed by atoms with E-state index in [1.54, 1.807) is 11.1 Å². The summed E-state index contributed by atoms with van der Waals surface area (Å²) in [6, 6.07) is 6.81. The van der Waals surface area contributed by atoms with E-state index in [-0.39, 0.29) is 49.1 Å². The van der Waals surface area contributed by atoms with Crippen LogP contribution in [0.2, 0.25) is 5.02 Å². The summed E-state index contributed by atoms with van der Waals surface area (Å²) in [6.45, 7) is 0.623. The molecule has 2 aliphatic heterocycles. The number of carbonyl (C=O) groups excluding carboxylic acids is 3. The van der Waals surface area contributed by atoms with Crippen molar-refractivity contribution in [2.45, 2.75) is 25.4 Å². The number of rotatable bonds is 11. The molecule has 5 N–H and O–H groups in total. The van der Waals surface area contributed by atoms with Gasteiger partial charge >= 0.3 is 19.7 Å². The number of urea groups is 1. The molecule has 2 saturated heterocycles. The number of halogens is 2. The topological polar surface area (TPSA) is 180 Å². The van der Waals surface area contributed by atoms with E-state index in [1.807, 2.05) is 0 Å². The molecule has 2 fully saturated rings. The minimum absolute atomic E-state index is 0.0638. The highest BCUT2D eigenvalue weighted by Gasteiger charge is 2.45. The average Bonchev–Trinajstić information content (AvgIpc) is 3.60. The van der Waals surface area contributed by atoms with Gasteiger partial charge in [0, 0.05) is 49.9 Å². The van der Waals surface area contributed by atoms with Gasteiger partial charge in [-0.1, -0.05) is 23.7 Å². The minimum atomic E-state index is -4.12. The molecule has 1 aromatic heterocycles. The van der Waals surface area contributed by atoms with E-state index in [0.717, 1.165) is 4.57 Å². The molecule has 2 aliphatic rings. The molecule has 3 heterocycles. The highest BCUT2D eigenvalue weighted by molar-refractivity contribution is 7.52. The Hall–Kier alpha value is -3.72. The summed E-state index contributed by atoms with van der Waals surface area (Å²) < 4.78 is 38.2. The molecule has 0 bridgehead atoms. The summed E-state index contributed by atoms with van der Waals surface area (Å²) in [5.74, 6) is -0.932. The number of nitrogens with two attached hydrogens (primary N) is 1. The van der Waals surface area contributed by atoms with E-state index >= 15 is 0 Å².